The van der Waals surface area contributed by atoms with E-state index in [4.69, 9.17) is 0 Å². The molecule has 0 amide bonds. The lowest BCUT2D eigenvalue weighted by Crippen LogP contribution is -2.18. The largest absolute Gasteiger partial charge is 0.300 e. The summed E-state index contributed by atoms with van der Waals surface area (Å²) in [4.78, 5) is 12.0. The highest BCUT2D eigenvalue weighted by atomic mass is 16.1. The van der Waals surface area contributed by atoms with Gasteiger partial charge in [-0.25, -0.2) is 0 Å². The second kappa shape index (κ2) is 11.3. The Morgan fingerprint density at radius 1 is 0.950 bits per heavy atom. The number of carbonyl (C=O) groups excluding carboxylic acids is 1. The average Bonchev–Trinajstić information content (AvgIpc) is 2.47. The highest BCUT2D eigenvalue weighted by Crippen LogP contribution is 2.31. The number of rotatable bonds is 11. The Labute approximate surface area is 126 Å². The number of Topliss-reactive ketones (excluding diaryl/α,β-unsaturated/α-hetero) is 1. The summed E-state index contributed by atoms with van der Waals surface area (Å²) in [5.74, 6) is 1.99. The molecule has 1 atom stereocenters. The van der Waals surface area contributed by atoms with Crippen LogP contribution in [0.3, 0.4) is 0 Å². The predicted molar refractivity (Wildman–Crippen MR) is 88.0 cm³/mol. The van der Waals surface area contributed by atoms with Crippen LogP contribution >= 0.6 is 0 Å². The molecule has 20 heavy (non-hydrogen) atoms. The van der Waals surface area contributed by atoms with E-state index < -0.39 is 0 Å². The lowest BCUT2D eigenvalue weighted by atomic mass is 9.78. The normalized spacial score (nSPS) is 18.1. The third-order valence-electron chi connectivity index (χ3n) is 5.06. The van der Waals surface area contributed by atoms with Crippen molar-refractivity contribution in [3.63, 3.8) is 0 Å². The van der Waals surface area contributed by atoms with E-state index in [1.807, 2.05) is 0 Å². The molecular formula is C19H36O. The van der Waals surface area contributed by atoms with Crippen molar-refractivity contribution in [3.8, 4) is 0 Å². The van der Waals surface area contributed by atoms with Gasteiger partial charge in [-0.15, -0.1) is 0 Å². The molecule has 118 valence electrons. The molecule has 1 nitrogen and oxygen atoms in total. The standard InChI is InChI=1S/C19H36O/c1-3-4-5-6-7-8-12-15-19(20)16-17(2)18-13-10-9-11-14-18/h17-18H,3-16H2,1-2H3. The van der Waals surface area contributed by atoms with Gasteiger partial charge in [-0.1, -0.05) is 84.5 Å². The Morgan fingerprint density at radius 3 is 2.20 bits per heavy atom. The van der Waals surface area contributed by atoms with Gasteiger partial charge in [0.15, 0.2) is 0 Å². The van der Waals surface area contributed by atoms with Crippen molar-refractivity contribution in [2.24, 2.45) is 11.8 Å². The van der Waals surface area contributed by atoms with Crippen LogP contribution in [0.5, 0.6) is 0 Å². The molecule has 1 aliphatic carbocycles. The minimum Gasteiger partial charge on any atom is -0.300 e. The van der Waals surface area contributed by atoms with Crippen molar-refractivity contribution in [1.29, 1.82) is 0 Å². The average molecular weight is 280 g/mol. The van der Waals surface area contributed by atoms with E-state index in [1.54, 1.807) is 0 Å². The highest BCUT2D eigenvalue weighted by Gasteiger charge is 2.21. The zero-order chi connectivity index (χ0) is 14.6. The fourth-order valence-electron chi connectivity index (χ4n) is 3.61. The van der Waals surface area contributed by atoms with Gasteiger partial charge < -0.3 is 0 Å². The first-order valence-corrected chi connectivity index (χ1v) is 9.25. The van der Waals surface area contributed by atoms with Gasteiger partial charge >= 0.3 is 0 Å². The van der Waals surface area contributed by atoms with Gasteiger partial charge in [-0.2, -0.15) is 0 Å². The molecule has 1 saturated carbocycles. The van der Waals surface area contributed by atoms with Gasteiger partial charge in [0, 0.05) is 12.8 Å². The van der Waals surface area contributed by atoms with Crippen LogP contribution in [-0.4, -0.2) is 5.78 Å². The van der Waals surface area contributed by atoms with E-state index in [0.29, 0.717) is 11.7 Å². The van der Waals surface area contributed by atoms with Crippen LogP contribution in [0.15, 0.2) is 0 Å². The summed E-state index contributed by atoms with van der Waals surface area (Å²) in [5.41, 5.74) is 0. The molecule has 0 heterocycles. The van der Waals surface area contributed by atoms with E-state index >= 15 is 0 Å². The third-order valence-corrected chi connectivity index (χ3v) is 5.06. The summed E-state index contributed by atoms with van der Waals surface area (Å²) >= 11 is 0. The summed E-state index contributed by atoms with van der Waals surface area (Å²) in [6.45, 7) is 4.56. The molecule has 1 rings (SSSR count). The Hall–Kier alpha value is -0.330. The molecule has 0 N–H and O–H groups in total. The fourth-order valence-corrected chi connectivity index (χ4v) is 3.61. The van der Waals surface area contributed by atoms with Crippen LogP contribution < -0.4 is 0 Å². The second-order valence-corrected chi connectivity index (χ2v) is 6.99. The maximum atomic E-state index is 12.0. The van der Waals surface area contributed by atoms with Crippen molar-refractivity contribution in [2.45, 2.75) is 104 Å². The monoisotopic (exact) mass is 280 g/mol. The zero-order valence-corrected chi connectivity index (χ0v) is 14.0. The molecule has 0 saturated heterocycles. The predicted octanol–water partition coefficient (Wildman–Crippen LogP) is 6.30. The third kappa shape index (κ3) is 8.07. The second-order valence-electron chi connectivity index (χ2n) is 6.99. The molecule has 1 heteroatoms. The maximum absolute atomic E-state index is 12.0. The number of carbonyl (C=O) groups is 1. The van der Waals surface area contributed by atoms with Crippen LogP contribution in [0.4, 0.5) is 0 Å². The molecule has 0 radical (unpaired) electrons. The Morgan fingerprint density at radius 2 is 1.55 bits per heavy atom. The van der Waals surface area contributed by atoms with Gasteiger partial charge in [0.2, 0.25) is 0 Å². The summed E-state index contributed by atoms with van der Waals surface area (Å²) in [6, 6.07) is 0. The van der Waals surface area contributed by atoms with Crippen LogP contribution in [0.25, 0.3) is 0 Å². The molecule has 0 spiro atoms. The number of hydrogen-bond donors (Lipinski definition) is 0. The molecule has 0 bridgehead atoms. The van der Waals surface area contributed by atoms with Crippen LogP contribution in [0.1, 0.15) is 104 Å². The molecular weight excluding hydrogens is 244 g/mol. The van der Waals surface area contributed by atoms with E-state index in [2.05, 4.69) is 13.8 Å². The van der Waals surface area contributed by atoms with Gasteiger partial charge in [-0.3, -0.25) is 4.79 Å². The molecule has 0 aromatic carbocycles. The maximum Gasteiger partial charge on any atom is 0.133 e. The van der Waals surface area contributed by atoms with Crippen molar-refractivity contribution in [3.05, 3.63) is 0 Å². The quantitative estimate of drug-likeness (QED) is 0.406. The molecule has 1 unspecified atom stereocenters. The topological polar surface area (TPSA) is 17.1 Å². The van der Waals surface area contributed by atoms with Gasteiger partial charge in [0.05, 0.1) is 0 Å². The Balaban J connectivity index is 1.99. The number of ketones is 1. The Kier molecular flexibility index (Phi) is 10.1. The van der Waals surface area contributed by atoms with E-state index in [9.17, 15) is 4.79 Å². The summed E-state index contributed by atoms with van der Waals surface area (Å²) in [7, 11) is 0. The van der Waals surface area contributed by atoms with Crippen LogP contribution in [0, 0.1) is 11.8 Å². The summed E-state index contributed by atoms with van der Waals surface area (Å²) < 4.78 is 0. The van der Waals surface area contributed by atoms with Gasteiger partial charge in [0.25, 0.3) is 0 Å². The number of unbranched alkanes of at least 4 members (excludes halogenated alkanes) is 6. The lowest BCUT2D eigenvalue weighted by Gasteiger charge is -2.27. The van der Waals surface area contributed by atoms with Gasteiger partial charge in [0.1, 0.15) is 5.78 Å². The minimum atomic E-state index is 0.525. The first kappa shape index (κ1) is 17.7. The molecule has 0 aromatic rings. The smallest absolute Gasteiger partial charge is 0.133 e. The zero-order valence-electron chi connectivity index (χ0n) is 14.0. The van der Waals surface area contributed by atoms with E-state index in [0.717, 1.165) is 25.2 Å². The van der Waals surface area contributed by atoms with Crippen LogP contribution in [0.2, 0.25) is 0 Å². The molecule has 1 aliphatic rings. The first-order valence-electron chi connectivity index (χ1n) is 9.25. The van der Waals surface area contributed by atoms with Gasteiger partial charge in [-0.05, 0) is 18.3 Å². The van der Waals surface area contributed by atoms with Crippen LogP contribution in [-0.2, 0) is 4.79 Å². The van der Waals surface area contributed by atoms with Crippen molar-refractivity contribution in [1.82, 2.24) is 0 Å². The minimum absolute atomic E-state index is 0.525. The Bertz CT molecular complexity index is 240. The van der Waals surface area contributed by atoms with Crippen molar-refractivity contribution in [2.75, 3.05) is 0 Å². The summed E-state index contributed by atoms with van der Waals surface area (Å²) in [6.07, 6.45) is 17.8. The highest BCUT2D eigenvalue weighted by molar-refractivity contribution is 5.78. The molecule has 0 aromatic heterocycles. The van der Waals surface area contributed by atoms with E-state index in [1.165, 1.54) is 70.6 Å². The summed E-state index contributed by atoms with van der Waals surface area (Å²) in [5, 5.41) is 0. The fraction of sp³-hybridized carbons (Fsp3) is 0.947. The lowest BCUT2D eigenvalue weighted by molar-refractivity contribution is -0.120. The SMILES string of the molecule is CCCCCCCCCC(=O)CC(C)C1CCCCC1. The van der Waals surface area contributed by atoms with E-state index in [-0.39, 0.29) is 0 Å². The van der Waals surface area contributed by atoms with Crippen molar-refractivity contribution < 1.29 is 4.79 Å². The molecule has 1 fully saturated rings. The molecule has 0 aliphatic heterocycles. The first-order chi connectivity index (χ1) is 9.74. The van der Waals surface area contributed by atoms with Crippen molar-refractivity contribution >= 4 is 5.78 Å². The number of hydrogen-bond acceptors (Lipinski definition) is 1.